The Morgan fingerprint density at radius 2 is 2.17 bits per heavy atom. The quantitative estimate of drug-likeness (QED) is 0.841. The summed E-state index contributed by atoms with van der Waals surface area (Å²) < 4.78 is 5.38. The first-order valence-electron chi connectivity index (χ1n) is 5.56. The number of anilines is 1. The molecule has 0 spiro atoms. The molecule has 0 unspecified atom stereocenters. The molecule has 0 aliphatic carbocycles. The lowest BCUT2D eigenvalue weighted by atomic mass is 9.87. The fourth-order valence-electron chi connectivity index (χ4n) is 1.41. The Balaban J connectivity index is 2.93. The van der Waals surface area contributed by atoms with Gasteiger partial charge >= 0.3 is 6.09 Å². The van der Waals surface area contributed by atoms with Crippen molar-refractivity contribution in [2.45, 2.75) is 26.2 Å². The van der Waals surface area contributed by atoms with E-state index in [2.05, 4.69) is 26.2 Å². The molecule has 1 amide bonds. The van der Waals surface area contributed by atoms with Crippen LogP contribution in [-0.2, 0) is 10.2 Å². The fourth-order valence-corrected chi connectivity index (χ4v) is 1.72. The van der Waals surface area contributed by atoms with Crippen LogP contribution in [0, 0.1) is 0 Å². The first-order chi connectivity index (χ1) is 8.34. The average molecular weight is 317 g/mol. The molecule has 0 atom stereocenters. The molecule has 0 radical (unpaired) electrons. The zero-order valence-corrected chi connectivity index (χ0v) is 12.2. The van der Waals surface area contributed by atoms with E-state index in [0.717, 1.165) is 5.56 Å². The SMILES string of the molecule is CC(C)(C)c1ccc(Br)nc1NC(=O)OCCO. The number of pyridine rings is 1. The second-order valence-electron chi connectivity index (χ2n) is 4.76. The Bertz CT molecular complexity index is 430. The highest BCUT2D eigenvalue weighted by molar-refractivity contribution is 9.10. The Morgan fingerprint density at radius 3 is 2.72 bits per heavy atom. The van der Waals surface area contributed by atoms with Crippen LogP contribution in [0.3, 0.4) is 0 Å². The molecule has 0 saturated heterocycles. The van der Waals surface area contributed by atoms with Crippen LogP contribution < -0.4 is 5.32 Å². The first-order valence-corrected chi connectivity index (χ1v) is 6.35. The largest absolute Gasteiger partial charge is 0.447 e. The van der Waals surface area contributed by atoms with Gasteiger partial charge in [0.25, 0.3) is 0 Å². The number of aliphatic hydroxyl groups excluding tert-OH is 1. The van der Waals surface area contributed by atoms with Gasteiger partial charge in [-0.15, -0.1) is 0 Å². The van der Waals surface area contributed by atoms with Gasteiger partial charge in [-0.25, -0.2) is 9.78 Å². The minimum atomic E-state index is -0.625. The van der Waals surface area contributed by atoms with Crippen molar-refractivity contribution >= 4 is 27.8 Å². The van der Waals surface area contributed by atoms with E-state index in [1.165, 1.54) is 0 Å². The number of hydrogen-bond donors (Lipinski definition) is 2. The summed E-state index contributed by atoms with van der Waals surface area (Å²) in [6.45, 7) is 5.85. The van der Waals surface area contributed by atoms with E-state index in [0.29, 0.717) is 10.4 Å². The third-order valence-corrected chi connectivity index (χ3v) is 2.66. The number of amides is 1. The monoisotopic (exact) mass is 316 g/mol. The molecule has 1 aromatic heterocycles. The molecule has 0 aromatic carbocycles. The highest BCUT2D eigenvalue weighted by Gasteiger charge is 2.20. The Labute approximate surface area is 115 Å². The Kier molecular flexibility index (Phi) is 5.10. The van der Waals surface area contributed by atoms with Crippen LogP contribution in [0.1, 0.15) is 26.3 Å². The van der Waals surface area contributed by atoms with E-state index in [1.807, 2.05) is 32.9 Å². The van der Waals surface area contributed by atoms with Crippen molar-refractivity contribution in [3.8, 4) is 0 Å². The lowest BCUT2D eigenvalue weighted by molar-refractivity contribution is 0.131. The minimum Gasteiger partial charge on any atom is -0.447 e. The molecule has 1 rings (SSSR count). The van der Waals surface area contributed by atoms with Crippen molar-refractivity contribution in [1.29, 1.82) is 0 Å². The molecule has 0 bridgehead atoms. The van der Waals surface area contributed by atoms with Gasteiger partial charge in [-0.05, 0) is 27.4 Å². The maximum Gasteiger partial charge on any atom is 0.412 e. The maximum absolute atomic E-state index is 11.5. The van der Waals surface area contributed by atoms with Crippen molar-refractivity contribution in [2.75, 3.05) is 18.5 Å². The second kappa shape index (κ2) is 6.15. The molecule has 0 saturated carbocycles. The van der Waals surface area contributed by atoms with Crippen LogP contribution in [0.2, 0.25) is 0 Å². The van der Waals surface area contributed by atoms with Gasteiger partial charge in [0.05, 0.1) is 6.61 Å². The lowest BCUT2D eigenvalue weighted by Crippen LogP contribution is -2.21. The van der Waals surface area contributed by atoms with Crippen LogP contribution in [0.5, 0.6) is 0 Å². The number of aromatic nitrogens is 1. The fraction of sp³-hybridized carbons (Fsp3) is 0.500. The molecular formula is C12H17BrN2O3. The van der Waals surface area contributed by atoms with Gasteiger partial charge in [0.1, 0.15) is 17.0 Å². The van der Waals surface area contributed by atoms with Crippen LogP contribution in [0.4, 0.5) is 10.6 Å². The summed E-state index contributed by atoms with van der Waals surface area (Å²) in [4.78, 5) is 15.7. The molecule has 100 valence electrons. The summed E-state index contributed by atoms with van der Waals surface area (Å²) in [6.07, 6.45) is -0.625. The molecule has 5 nitrogen and oxygen atoms in total. The van der Waals surface area contributed by atoms with Crippen molar-refractivity contribution in [2.24, 2.45) is 0 Å². The number of halogens is 1. The van der Waals surface area contributed by atoms with Crippen molar-refractivity contribution in [3.63, 3.8) is 0 Å². The van der Waals surface area contributed by atoms with Gasteiger partial charge in [0, 0.05) is 5.56 Å². The number of nitrogens with zero attached hydrogens (tertiary/aromatic N) is 1. The summed E-state index contributed by atoms with van der Waals surface area (Å²) >= 11 is 3.26. The lowest BCUT2D eigenvalue weighted by Gasteiger charge is -2.22. The molecule has 0 aliphatic heterocycles. The molecule has 18 heavy (non-hydrogen) atoms. The van der Waals surface area contributed by atoms with Gasteiger partial charge in [-0.3, -0.25) is 5.32 Å². The predicted octanol–water partition coefficient (Wildman–Crippen LogP) is 2.68. The second-order valence-corrected chi connectivity index (χ2v) is 5.58. The third kappa shape index (κ3) is 4.27. The zero-order valence-electron chi connectivity index (χ0n) is 10.7. The van der Waals surface area contributed by atoms with Crippen molar-refractivity contribution in [3.05, 3.63) is 22.3 Å². The van der Waals surface area contributed by atoms with Gasteiger partial charge in [0.15, 0.2) is 0 Å². The highest BCUT2D eigenvalue weighted by Crippen LogP contribution is 2.29. The maximum atomic E-state index is 11.5. The van der Waals surface area contributed by atoms with Gasteiger partial charge in [0.2, 0.25) is 0 Å². The number of hydrogen-bond acceptors (Lipinski definition) is 4. The van der Waals surface area contributed by atoms with Crippen molar-refractivity contribution < 1.29 is 14.6 Å². The van der Waals surface area contributed by atoms with Gasteiger partial charge < -0.3 is 9.84 Å². The molecule has 1 aromatic rings. The number of carbonyl (C=O) groups is 1. The number of nitrogens with one attached hydrogen (secondary N) is 1. The van der Waals surface area contributed by atoms with Gasteiger partial charge in [-0.1, -0.05) is 26.8 Å². The molecule has 1 heterocycles. The summed E-state index contributed by atoms with van der Waals surface area (Å²) in [6, 6.07) is 3.73. The number of ether oxygens (including phenoxy) is 1. The average Bonchev–Trinajstić information content (AvgIpc) is 2.24. The number of aliphatic hydroxyl groups is 1. The topological polar surface area (TPSA) is 71.5 Å². The summed E-state index contributed by atoms with van der Waals surface area (Å²) in [5.41, 5.74) is 0.763. The predicted molar refractivity (Wildman–Crippen MR) is 72.7 cm³/mol. The van der Waals surface area contributed by atoms with Crippen LogP contribution >= 0.6 is 15.9 Å². The zero-order chi connectivity index (χ0) is 13.8. The number of carbonyl (C=O) groups excluding carboxylic acids is 1. The Hall–Kier alpha value is -1.14. The van der Waals surface area contributed by atoms with Crippen LogP contribution in [-0.4, -0.2) is 29.4 Å². The third-order valence-electron chi connectivity index (χ3n) is 2.21. The van der Waals surface area contributed by atoms with E-state index in [1.54, 1.807) is 0 Å². The molecular weight excluding hydrogens is 300 g/mol. The van der Waals surface area contributed by atoms with E-state index in [-0.39, 0.29) is 18.6 Å². The standard InChI is InChI=1S/C12H17BrN2O3/c1-12(2,3)8-4-5-9(13)14-10(8)15-11(17)18-7-6-16/h4-5,16H,6-7H2,1-3H3,(H,14,15,17). The molecule has 0 aliphatic rings. The van der Waals surface area contributed by atoms with Crippen molar-refractivity contribution in [1.82, 2.24) is 4.98 Å². The minimum absolute atomic E-state index is 0.0370. The summed E-state index contributed by atoms with van der Waals surface area (Å²) in [7, 11) is 0. The van der Waals surface area contributed by atoms with Crippen LogP contribution in [0.15, 0.2) is 16.7 Å². The summed E-state index contributed by atoms with van der Waals surface area (Å²) in [5.74, 6) is 0.458. The first kappa shape index (κ1) is 14.9. The van der Waals surface area contributed by atoms with E-state index in [9.17, 15) is 4.79 Å². The van der Waals surface area contributed by atoms with E-state index in [4.69, 9.17) is 9.84 Å². The Morgan fingerprint density at radius 1 is 1.50 bits per heavy atom. The summed E-state index contributed by atoms with van der Waals surface area (Å²) in [5, 5.41) is 11.2. The molecule has 2 N–H and O–H groups in total. The molecule has 0 fully saturated rings. The van der Waals surface area contributed by atoms with E-state index >= 15 is 0 Å². The smallest absolute Gasteiger partial charge is 0.412 e. The van der Waals surface area contributed by atoms with Gasteiger partial charge in [-0.2, -0.15) is 0 Å². The highest BCUT2D eigenvalue weighted by atomic mass is 79.9. The van der Waals surface area contributed by atoms with Crippen LogP contribution in [0.25, 0.3) is 0 Å². The number of rotatable bonds is 3. The normalized spacial score (nSPS) is 11.2. The van der Waals surface area contributed by atoms with E-state index < -0.39 is 6.09 Å². The molecule has 6 heteroatoms.